The Morgan fingerprint density at radius 2 is 1.83 bits per heavy atom. The second-order valence-corrected chi connectivity index (χ2v) is 5.51. The van der Waals surface area contributed by atoms with Crippen molar-refractivity contribution in [1.29, 1.82) is 10.5 Å². The van der Waals surface area contributed by atoms with Gasteiger partial charge in [-0.1, -0.05) is 35.9 Å². The van der Waals surface area contributed by atoms with Gasteiger partial charge < -0.3 is 4.42 Å². The van der Waals surface area contributed by atoms with Crippen LogP contribution in [0.3, 0.4) is 0 Å². The highest BCUT2D eigenvalue weighted by molar-refractivity contribution is 6.30. The summed E-state index contributed by atoms with van der Waals surface area (Å²) in [4.78, 5) is 0. The lowest BCUT2D eigenvalue weighted by molar-refractivity contribution is 0.572. The zero-order valence-electron chi connectivity index (χ0n) is 12.5. The molecule has 4 heteroatoms. The Morgan fingerprint density at radius 1 is 1.00 bits per heavy atom. The zero-order chi connectivity index (χ0) is 16.9. The minimum atomic E-state index is 0.430. The van der Waals surface area contributed by atoms with Crippen molar-refractivity contribution in [2.24, 2.45) is 0 Å². The molecule has 0 unspecified atom stereocenters. The molecule has 114 valence electrons. The van der Waals surface area contributed by atoms with Crippen molar-refractivity contribution in [2.75, 3.05) is 0 Å². The summed E-state index contributed by atoms with van der Waals surface area (Å²) in [7, 11) is 0. The van der Waals surface area contributed by atoms with Crippen molar-refractivity contribution >= 4 is 23.3 Å². The first-order chi connectivity index (χ1) is 11.7. The van der Waals surface area contributed by atoms with Crippen molar-refractivity contribution in [2.45, 2.75) is 0 Å². The molecule has 0 aliphatic carbocycles. The second-order valence-electron chi connectivity index (χ2n) is 5.07. The van der Waals surface area contributed by atoms with Gasteiger partial charge in [-0.15, -0.1) is 0 Å². The third kappa shape index (κ3) is 3.38. The van der Waals surface area contributed by atoms with Gasteiger partial charge in [0.2, 0.25) is 0 Å². The van der Waals surface area contributed by atoms with E-state index < -0.39 is 0 Å². The highest BCUT2D eigenvalue weighted by Crippen LogP contribution is 2.27. The second kappa shape index (κ2) is 6.87. The number of furan rings is 1. The van der Waals surface area contributed by atoms with Crippen LogP contribution in [-0.2, 0) is 0 Å². The molecular weight excluding hydrogens is 320 g/mol. The SMILES string of the molecule is N#C/C(=C\c1ccc(-c2cccc(Cl)c2)o1)c1cccc(C#N)c1. The van der Waals surface area contributed by atoms with Crippen LogP contribution in [0.5, 0.6) is 0 Å². The lowest BCUT2D eigenvalue weighted by atomic mass is 10.0. The summed E-state index contributed by atoms with van der Waals surface area (Å²) in [6.07, 6.45) is 1.66. The molecule has 0 saturated carbocycles. The number of rotatable bonds is 3. The highest BCUT2D eigenvalue weighted by atomic mass is 35.5. The summed E-state index contributed by atoms with van der Waals surface area (Å²) in [5, 5.41) is 19.0. The van der Waals surface area contributed by atoms with Crippen LogP contribution in [0.1, 0.15) is 16.9 Å². The van der Waals surface area contributed by atoms with Gasteiger partial charge in [0.1, 0.15) is 11.5 Å². The van der Waals surface area contributed by atoms with Crippen LogP contribution >= 0.6 is 11.6 Å². The van der Waals surface area contributed by atoms with Crippen LogP contribution in [0.2, 0.25) is 5.02 Å². The Hall–Kier alpha value is -3.27. The first-order valence-electron chi connectivity index (χ1n) is 7.18. The van der Waals surface area contributed by atoms with Crippen LogP contribution < -0.4 is 0 Å². The standard InChI is InChI=1S/C20H11ClN2O/c21-18-6-2-5-16(10-18)20-8-7-19(24-20)11-17(13-23)15-4-1-3-14(9-15)12-22/h1-11H/b17-11+. The Labute approximate surface area is 144 Å². The van der Waals surface area contributed by atoms with Crippen molar-refractivity contribution in [3.8, 4) is 23.5 Å². The van der Waals surface area contributed by atoms with E-state index in [1.165, 1.54) is 0 Å². The van der Waals surface area contributed by atoms with E-state index in [0.717, 1.165) is 5.56 Å². The summed E-state index contributed by atoms with van der Waals surface area (Å²) in [5.74, 6) is 1.23. The summed E-state index contributed by atoms with van der Waals surface area (Å²) < 4.78 is 5.78. The predicted octanol–water partition coefficient (Wildman–Crippen LogP) is 5.54. The number of allylic oxidation sites excluding steroid dienone is 1. The maximum atomic E-state index is 9.40. The van der Waals surface area contributed by atoms with E-state index in [1.54, 1.807) is 42.5 Å². The van der Waals surface area contributed by atoms with Gasteiger partial charge in [-0.3, -0.25) is 0 Å². The van der Waals surface area contributed by atoms with E-state index in [4.69, 9.17) is 21.3 Å². The van der Waals surface area contributed by atoms with Gasteiger partial charge in [0.15, 0.2) is 0 Å². The lowest BCUT2D eigenvalue weighted by Crippen LogP contribution is -1.83. The van der Waals surface area contributed by atoms with Gasteiger partial charge in [0.25, 0.3) is 0 Å². The molecule has 1 aromatic heterocycles. The van der Waals surface area contributed by atoms with Crippen LogP contribution in [0.4, 0.5) is 0 Å². The zero-order valence-corrected chi connectivity index (χ0v) is 13.3. The molecule has 0 fully saturated rings. The molecule has 0 atom stereocenters. The Morgan fingerprint density at radius 3 is 2.58 bits per heavy atom. The minimum Gasteiger partial charge on any atom is -0.457 e. The van der Waals surface area contributed by atoms with E-state index in [-0.39, 0.29) is 0 Å². The van der Waals surface area contributed by atoms with Gasteiger partial charge in [-0.05, 0) is 48.0 Å². The maximum absolute atomic E-state index is 9.40. The fourth-order valence-electron chi connectivity index (χ4n) is 2.31. The number of halogens is 1. The molecule has 0 aliphatic heterocycles. The summed E-state index contributed by atoms with van der Waals surface area (Å²) in [6.45, 7) is 0. The van der Waals surface area contributed by atoms with E-state index in [0.29, 0.717) is 33.2 Å². The first-order valence-corrected chi connectivity index (χ1v) is 7.55. The van der Waals surface area contributed by atoms with Crippen molar-refractivity contribution in [1.82, 2.24) is 0 Å². The number of hydrogen-bond acceptors (Lipinski definition) is 3. The lowest BCUT2D eigenvalue weighted by Gasteiger charge is -1.99. The normalized spacial score (nSPS) is 10.9. The van der Waals surface area contributed by atoms with Crippen molar-refractivity contribution in [3.05, 3.63) is 82.6 Å². The predicted molar refractivity (Wildman–Crippen MR) is 93.8 cm³/mol. The molecular formula is C20H11ClN2O. The monoisotopic (exact) mass is 330 g/mol. The van der Waals surface area contributed by atoms with Gasteiger partial charge in [0, 0.05) is 10.6 Å². The van der Waals surface area contributed by atoms with Crippen molar-refractivity contribution < 1.29 is 4.42 Å². The quantitative estimate of drug-likeness (QED) is 0.593. The molecule has 0 radical (unpaired) electrons. The number of benzene rings is 2. The van der Waals surface area contributed by atoms with E-state index in [1.807, 2.05) is 24.3 Å². The van der Waals surface area contributed by atoms with E-state index in [9.17, 15) is 5.26 Å². The third-order valence-corrected chi connectivity index (χ3v) is 3.68. The van der Waals surface area contributed by atoms with Crippen molar-refractivity contribution in [3.63, 3.8) is 0 Å². The van der Waals surface area contributed by atoms with Crippen LogP contribution in [0.15, 0.2) is 65.1 Å². The van der Waals surface area contributed by atoms with Crippen LogP contribution in [-0.4, -0.2) is 0 Å². The molecule has 0 amide bonds. The number of nitriles is 2. The first kappa shape index (κ1) is 15.6. The van der Waals surface area contributed by atoms with Gasteiger partial charge in [0.05, 0.1) is 23.3 Å². The van der Waals surface area contributed by atoms with Crippen LogP contribution in [0.25, 0.3) is 23.0 Å². The largest absolute Gasteiger partial charge is 0.457 e. The smallest absolute Gasteiger partial charge is 0.134 e. The van der Waals surface area contributed by atoms with Gasteiger partial charge >= 0.3 is 0 Å². The average Bonchev–Trinajstić information content (AvgIpc) is 3.08. The Bertz CT molecular complexity index is 1000. The summed E-state index contributed by atoms with van der Waals surface area (Å²) in [6, 6.07) is 22.1. The van der Waals surface area contributed by atoms with E-state index in [2.05, 4.69) is 12.1 Å². The fraction of sp³-hybridized carbons (Fsp3) is 0. The molecule has 1 heterocycles. The maximum Gasteiger partial charge on any atom is 0.134 e. The number of nitrogens with zero attached hydrogens (tertiary/aromatic N) is 2. The topological polar surface area (TPSA) is 60.7 Å². The Balaban J connectivity index is 1.95. The molecule has 3 nitrogen and oxygen atoms in total. The summed E-state index contributed by atoms with van der Waals surface area (Å²) in [5.41, 5.74) is 2.48. The molecule has 3 aromatic rings. The fourth-order valence-corrected chi connectivity index (χ4v) is 2.50. The van der Waals surface area contributed by atoms with Crippen LogP contribution in [0, 0.1) is 22.7 Å². The highest BCUT2D eigenvalue weighted by Gasteiger charge is 2.07. The molecule has 24 heavy (non-hydrogen) atoms. The molecule has 2 aromatic carbocycles. The summed E-state index contributed by atoms with van der Waals surface area (Å²) >= 11 is 5.99. The van der Waals surface area contributed by atoms with E-state index >= 15 is 0 Å². The molecule has 0 saturated heterocycles. The Kier molecular flexibility index (Phi) is 4.47. The molecule has 0 spiro atoms. The average molecular weight is 331 g/mol. The molecule has 3 rings (SSSR count). The third-order valence-electron chi connectivity index (χ3n) is 3.45. The minimum absolute atomic E-state index is 0.430. The molecule has 0 N–H and O–H groups in total. The molecule has 0 bridgehead atoms. The van der Waals surface area contributed by atoms with Gasteiger partial charge in [-0.2, -0.15) is 10.5 Å². The van der Waals surface area contributed by atoms with Gasteiger partial charge in [-0.25, -0.2) is 0 Å². The molecule has 0 aliphatic rings. The number of hydrogen-bond donors (Lipinski definition) is 0.